The first-order valence-corrected chi connectivity index (χ1v) is 5.56. The van der Waals surface area contributed by atoms with E-state index in [1.807, 2.05) is 4.90 Å². The molecule has 1 aromatic heterocycles. The zero-order valence-corrected chi connectivity index (χ0v) is 8.91. The normalized spacial score (nSPS) is 28.8. The minimum absolute atomic E-state index is 0.120. The monoisotopic (exact) mass is 227 g/mol. The summed E-state index contributed by atoms with van der Waals surface area (Å²) in [5.41, 5.74) is 0. The van der Waals surface area contributed by atoms with Crippen LogP contribution in [0, 0.1) is 11.7 Å². The third-order valence-electron chi connectivity index (χ3n) is 3.38. The fraction of sp³-hybridized carbons (Fsp3) is 0.600. The van der Waals surface area contributed by atoms with Crippen molar-refractivity contribution >= 4 is 17.4 Å². The second-order valence-electron chi connectivity index (χ2n) is 4.30. The summed E-state index contributed by atoms with van der Waals surface area (Å²) in [6.07, 6.45) is 4.73. The van der Waals surface area contributed by atoms with Crippen LogP contribution in [0.2, 0.25) is 5.28 Å². The first-order chi connectivity index (χ1) is 7.24. The van der Waals surface area contributed by atoms with Crippen LogP contribution in [-0.2, 0) is 0 Å². The zero-order chi connectivity index (χ0) is 10.4. The van der Waals surface area contributed by atoms with Crippen molar-refractivity contribution < 1.29 is 4.39 Å². The molecule has 2 unspecified atom stereocenters. The quantitative estimate of drug-likeness (QED) is 0.690. The molecular weight excluding hydrogens is 217 g/mol. The van der Waals surface area contributed by atoms with Gasteiger partial charge in [0.05, 0.1) is 6.20 Å². The van der Waals surface area contributed by atoms with Crippen LogP contribution in [-0.4, -0.2) is 22.6 Å². The van der Waals surface area contributed by atoms with E-state index in [1.54, 1.807) is 0 Å². The molecule has 2 fully saturated rings. The van der Waals surface area contributed by atoms with Crippen LogP contribution in [0.1, 0.15) is 19.3 Å². The maximum atomic E-state index is 13.5. The molecule has 0 amide bonds. The molecule has 2 heterocycles. The lowest BCUT2D eigenvalue weighted by Crippen LogP contribution is -2.33. The number of halogens is 2. The van der Waals surface area contributed by atoms with Gasteiger partial charge in [-0.2, -0.15) is 4.98 Å². The lowest BCUT2D eigenvalue weighted by atomic mass is 10.1. The molecule has 3 nitrogen and oxygen atoms in total. The van der Waals surface area contributed by atoms with Crippen molar-refractivity contribution in [2.75, 3.05) is 11.4 Å². The van der Waals surface area contributed by atoms with E-state index in [0.717, 1.165) is 19.2 Å². The van der Waals surface area contributed by atoms with Crippen molar-refractivity contribution in [3.63, 3.8) is 0 Å². The molecule has 1 saturated carbocycles. The lowest BCUT2D eigenvalue weighted by Gasteiger charge is -2.28. The molecule has 1 saturated heterocycles. The Morgan fingerprint density at radius 3 is 3.00 bits per heavy atom. The van der Waals surface area contributed by atoms with Crippen molar-refractivity contribution in [1.29, 1.82) is 0 Å². The molecule has 0 aromatic carbocycles. The van der Waals surface area contributed by atoms with Gasteiger partial charge in [0.15, 0.2) is 11.6 Å². The highest BCUT2D eigenvalue weighted by Crippen LogP contribution is 2.40. The maximum absolute atomic E-state index is 13.5. The molecule has 3 rings (SSSR count). The highest BCUT2D eigenvalue weighted by atomic mass is 35.5. The van der Waals surface area contributed by atoms with Crippen molar-refractivity contribution in [1.82, 2.24) is 9.97 Å². The minimum Gasteiger partial charge on any atom is -0.351 e. The number of hydrogen-bond donors (Lipinski definition) is 0. The molecule has 5 heteroatoms. The highest BCUT2D eigenvalue weighted by molar-refractivity contribution is 6.28. The van der Waals surface area contributed by atoms with Gasteiger partial charge in [-0.3, -0.25) is 0 Å². The largest absolute Gasteiger partial charge is 0.351 e. The molecule has 0 radical (unpaired) electrons. The average molecular weight is 228 g/mol. The number of anilines is 1. The van der Waals surface area contributed by atoms with Crippen molar-refractivity contribution in [3.05, 3.63) is 17.3 Å². The number of nitrogens with zero attached hydrogens (tertiary/aromatic N) is 3. The molecule has 1 aromatic rings. The van der Waals surface area contributed by atoms with E-state index >= 15 is 0 Å². The topological polar surface area (TPSA) is 29.0 Å². The molecular formula is C10H11ClFN3. The first-order valence-electron chi connectivity index (χ1n) is 5.18. The van der Waals surface area contributed by atoms with Gasteiger partial charge in [0.25, 0.3) is 0 Å². The number of aromatic nitrogens is 2. The van der Waals surface area contributed by atoms with Gasteiger partial charge in [-0.15, -0.1) is 0 Å². The van der Waals surface area contributed by atoms with Crippen molar-refractivity contribution in [2.24, 2.45) is 5.92 Å². The van der Waals surface area contributed by atoms with E-state index in [1.165, 1.54) is 12.8 Å². The van der Waals surface area contributed by atoms with E-state index < -0.39 is 0 Å². The van der Waals surface area contributed by atoms with Gasteiger partial charge < -0.3 is 4.90 Å². The van der Waals surface area contributed by atoms with Gasteiger partial charge in [-0.05, 0) is 36.8 Å². The van der Waals surface area contributed by atoms with Gasteiger partial charge in [-0.25, -0.2) is 9.37 Å². The maximum Gasteiger partial charge on any atom is 0.224 e. The summed E-state index contributed by atoms with van der Waals surface area (Å²) in [6.45, 7) is 0.912. The number of rotatable bonds is 1. The van der Waals surface area contributed by atoms with Crippen LogP contribution in [0.5, 0.6) is 0 Å². The molecule has 1 aliphatic carbocycles. The summed E-state index contributed by atoms with van der Waals surface area (Å²) in [7, 11) is 0. The Labute approximate surface area is 92.3 Å². The second-order valence-corrected chi connectivity index (χ2v) is 4.63. The van der Waals surface area contributed by atoms with Crippen LogP contribution in [0.25, 0.3) is 0 Å². The lowest BCUT2D eigenvalue weighted by molar-refractivity contribution is 0.532. The molecule has 0 spiro atoms. The summed E-state index contributed by atoms with van der Waals surface area (Å²) >= 11 is 5.68. The van der Waals surface area contributed by atoms with Gasteiger partial charge in [0.1, 0.15) is 0 Å². The third kappa shape index (κ3) is 1.47. The molecule has 2 aliphatic rings. The minimum atomic E-state index is -0.369. The summed E-state index contributed by atoms with van der Waals surface area (Å²) in [5.74, 6) is 0.720. The number of fused-ring (bicyclic) bond motifs is 2. The smallest absolute Gasteiger partial charge is 0.224 e. The Kier molecular flexibility index (Phi) is 2.06. The van der Waals surface area contributed by atoms with Crippen LogP contribution >= 0.6 is 11.6 Å². The van der Waals surface area contributed by atoms with Crippen LogP contribution in [0.3, 0.4) is 0 Å². The van der Waals surface area contributed by atoms with Gasteiger partial charge in [0, 0.05) is 12.6 Å². The van der Waals surface area contributed by atoms with Gasteiger partial charge >= 0.3 is 0 Å². The predicted molar refractivity (Wildman–Crippen MR) is 55.5 cm³/mol. The molecule has 1 aliphatic heterocycles. The van der Waals surface area contributed by atoms with E-state index in [2.05, 4.69) is 9.97 Å². The molecule has 0 N–H and O–H groups in total. The fourth-order valence-electron chi connectivity index (χ4n) is 2.72. The third-order valence-corrected chi connectivity index (χ3v) is 3.56. The standard InChI is InChI=1S/C10H11ClFN3/c11-10-13-4-8(12)9(14-10)15-5-6-1-2-7(15)3-6/h4,6-7H,1-3,5H2. The molecule has 15 heavy (non-hydrogen) atoms. The zero-order valence-electron chi connectivity index (χ0n) is 8.16. The Hall–Kier alpha value is -0.900. The molecule has 80 valence electrons. The molecule has 2 atom stereocenters. The SMILES string of the molecule is Fc1cnc(Cl)nc1N1CC2CCC1C2. The number of hydrogen-bond acceptors (Lipinski definition) is 3. The fourth-order valence-corrected chi connectivity index (χ4v) is 2.85. The van der Waals surface area contributed by atoms with E-state index in [-0.39, 0.29) is 11.1 Å². The summed E-state index contributed by atoms with van der Waals surface area (Å²) in [4.78, 5) is 9.64. The van der Waals surface area contributed by atoms with Crippen LogP contribution in [0.15, 0.2) is 6.20 Å². The Balaban J connectivity index is 1.96. The summed E-state index contributed by atoms with van der Waals surface area (Å²) in [6, 6.07) is 0.454. The van der Waals surface area contributed by atoms with Crippen LogP contribution < -0.4 is 4.90 Å². The van der Waals surface area contributed by atoms with Gasteiger partial charge in [-0.1, -0.05) is 0 Å². The summed E-state index contributed by atoms with van der Waals surface area (Å²) in [5, 5.41) is 0.120. The van der Waals surface area contributed by atoms with E-state index in [0.29, 0.717) is 17.8 Å². The van der Waals surface area contributed by atoms with Gasteiger partial charge in [0.2, 0.25) is 5.28 Å². The predicted octanol–water partition coefficient (Wildman–Crippen LogP) is 2.26. The van der Waals surface area contributed by atoms with E-state index in [9.17, 15) is 4.39 Å². The highest BCUT2D eigenvalue weighted by Gasteiger charge is 2.39. The average Bonchev–Trinajstić information content (AvgIpc) is 2.83. The van der Waals surface area contributed by atoms with Crippen molar-refractivity contribution in [2.45, 2.75) is 25.3 Å². The van der Waals surface area contributed by atoms with E-state index in [4.69, 9.17) is 11.6 Å². The first kappa shape index (κ1) is 9.33. The molecule has 2 bridgehead atoms. The second kappa shape index (κ2) is 3.30. The Morgan fingerprint density at radius 2 is 2.33 bits per heavy atom. The Bertz CT molecular complexity index is 398. The Morgan fingerprint density at radius 1 is 1.47 bits per heavy atom. The van der Waals surface area contributed by atoms with Crippen molar-refractivity contribution in [3.8, 4) is 0 Å². The number of piperidine rings is 1. The summed E-state index contributed by atoms with van der Waals surface area (Å²) < 4.78 is 13.5. The van der Waals surface area contributed by atoms with Crippen LogP contribution in [0.4, 0.5) is 10.2 Å².